The molecule has 206 valence electrons. The lowest BCUT2D eigenvalue weighted by Gasteiger charge is -2.34. The molecule has 0 saturated carbocycles. The number of nitrogens with one attached hydrogen (secondary N) is 3. The van der Waals surface area contributed by atoms with Crippen molar-refractivity contribution in [2.45, 2.75) is 76.5 Å². The second-order valence-electron chi connectivity index (χ2n) is 8.10. The number of carbonyl (C=O) groups excluding carboxylic acids is 5. The number of aldehydes is 1. The average molecular weight is 521 g/mol. The van der Waals surface area contributed by atoms with Crippen molar-refractivity contribution < 1.29 is 53.9 Å². The second-order valence-corrected chi connectivity index (χ2v) is 8.10. The summed E-state index contributed by atoms with van der Waals surface area (Å²) in [5.41, 5.74) is 5.23. The number of aliphatic carboxylic acids is 1. The highest BCUT2D eigenvalue weighted by Crippen LogP contribution is 2.18. The van der Waals surface area contributed by atoms with Gasteiger partial charge in [-0.1, -0.05) is 13.8 Å². The third-order valence-electron chi connectivity index (χ3n) is 5.07. The van der Waals surface area contributed by atoms with Gasteiger partial charge in [-0.25, -0.2) is 0 Å². The van der Waals surface area contributed by atoms with E-state index in [1.807, 2.05) is 0 Å². The maximum atomic E-state index is 12.9. The molecule has 0 fully saturated rings. The van der Waals surface area contributed by atoms with Crippen molar-refractivity contribution in [3.05, 3.63) is 0 Å². The smallest absolute Gasteiger partial charge is 0.303 e. The predicted molar refractivity (Wildman–Crippen MR) is 122 cm³/mol. The van der Waals surface area contributed by atoms with Crippen molar-refractivity contribution in [2.24, 2.45) is 11.7 Å². The molecule has 0 bridgehead atoms. The van der Waals surface area contributed by atoms with Crippen LogP contribution in [0.3, 0.4) is 0 Å². The molecule has 0 aliphatic rings. The number of hydrogen-bond donors (Lipinski definition) is 8. The molecule has 15 nitrogen and oxygen atoms in total. The van der Waals surface area contributed by atoms with Crippen LogP contribution in [-0.2, 0) is 33.5 Å². The van der Waals surface area contributed by atoms with Crippen molar-refractivity contribution >= 4 is 35.9 Å². The highest BCUT2D eigenvalue weighted by Gasteiger charge is 2.41. The summed E-state index contributed by atoms with van der Waals surface area (Å²) in [5.74, 6) is -6.18. The lowest BCUT2D eigenvalue weighted by atomic mass is 9.98. The van der Waals surface area contributed by atoms with E-state index in [-0.39, 0.29) is 19.3 Å². The van der Waals surface area contributed by atoms with Gasteiger partial charge >= 0.3 is 5.97 Å². The van der Waals surface area contributed by atoms with Crippen LogP contribution >= 0.6 is 0 Å². The zero-order chi connectivity index (χ0) is 28.0. The lowest BCUT2D eigenvalue weighted by molar-refractivity contribution is -0.168. The number of hydrogen-bond acceptors (Lipinski definition) is 10. The fourth-order valence-corrected chi connectivity index (χ4v) is 3.05. The summed E-state index contributed by atoms with van der Waals surface area (Å²) in [6, 6.07) is -2.97. The van der Waals surface area contributed by atoms with Gasteiger partial charge in [0.15, 0.2) is 0 Å². The molecule has 0 aromatic heterocycles. The van der Waals surface area contributed by atoms with E-state index in [4.69, 9.17) is 15.6 Å². The quantitative estimate of drug-likeness (QED) is 0.0812. The summed E-state index contributed by atoms with van der Waals surface area (Å²) in [4.78, 5) is 71.4. The van der Waals surface area contributed by atoms with Crippen molar-refractivity contribution in [2.75, 3.05) is 13.2 Å². The zero-order valence-corrected chi connectivity index (χ0v) is 20.4. The Morgan fingerprint density at radius 3 is 2.14 bits per heavy atom. The monoisotopic (exact) mass is 520 g/mol. The van der Waals surface area contributed by atoms with Gasteiger partial charge in [0.05, 0.1) is 12.5 Å². The maximum absolute atomic E-state index is 12.9. The second kappa shape index (κ2) is 16.5. The van der Waals surface area contributed by atoms with Crippen molar-refractivity contribution in [3.8, 4) is 0 Å². The molecule has 0 spiro atoms. The van der Waals surface area contributed by atoms with E-state index in [0.29, 0.717) is 6.42 Å². The molecule has 0 aromatic rings. The predicted octanol–water partition coefficient (Wildman–Crippen LogP) is -3.84. The van der Waals surface area contributed by atoms with Crippen LogP contribution in [0.2, 0.25) is 0 Å². The molecule has 7 atom stereocenters. The number of carboxylic acid groups (broad SMARTS) is 1. The van der Waals surface area contributed by atoms with E-state index in [1.54, 1.807) is 6.92 Å². The molecule has 15 heteroatoms. The minimum Gasteiger partial charge on any atom is -0.481 e. The fourth-order valence-electron chi connectivity index (χ4n) is 3.05. The number of primary amides is 1. The Morgan fingerprint density at radius 2 is 1.69 bits per heavy atom. The molecule has 0 saturated heterocycles. The number of aliphatic hydroxyl groups excluding tert-OH is 3. The van der Waals surface area contributed by atoms with Crippen LogP contribution in [0.4, 0.5) is 0 Å². The first-order valence-corrected chi connectivity index (χ1v) is 11.2. The average Bonchev–Trinajstić information content (AvgIpc) is 2.82. The lowest BCUT2D eigenvalue weighted by Crippen LogP contribution is -2.58. The zero-order valence-electron chi connectivity index (χ0n) is 20.4. The SMILES string of the molecule is CCCNC(=O)C(O[C@@H]([C@H](O)[C@H](O)CO)[C@H](C=O)NC(C)=O)C(C)C(=O)NC(CCC(=O)O)C(N)=O. The molecule has 9 N–H and O–H groups in total. The summed E-state index contributed by atoms with van der Waals surface area (Å²) in [6.07, 6.45) is -7.48. The number of rotatable bonds is 18. The van der Waals surface area contributed by atoms with Crippen molar-refractivity contribution in [1.29, 1.82) is 0 Å². The Balaban J connectivity index is 6.12. The Labute approximate surface area is 207 Å². The van der Waals surface area contributed by atoms with Gasteiger partial charge in [0.1, 0.15) is 42.8 Å². The topological polar surface area (TPSA) is 255 Å². The van der Waals surface area contributed by atoms with Gasteiger partial charge in [-0.05, 0) is 12.8 Å². The summed E-state index contributed by atoms with van der Waals surface area (Å²) in [7, 11) is 0. The molecule has 0 heterocycles. The Bertz CT molecular complexity index is 779. The van der Waals surface area contributed by atoms with Crippen LogP contribution in [0.15, 0.2) is 0 Å². The molecular weight excluding hydrogens is 484 g/mol. The summed E-state index contributed by atoms with van der Waals surface area (Å²) in [5, 5.41) is 45.3. The van der Waals surface area contributed by atoms with Gasteiger partial charge in [0, 0.05) is 19.9 Å². The van der Waals surface area contributed by atoms with Crippen LogP contribution in [-0.4, -0.2) is 106 Å². The van der Waals surface area contributed by atoms with Crippen LogP contribution in [0.5, 0.6) is 0 Å². The standard InChI is InChI=1S/C21H36N4O11/c1-4-7-23-21(35)17(10(2)20(34)25-12(19(22)33)5-6-15(30)31)36-18(16(32)14(29)9-27)13(8-26)24-11(3)28/h8,10,12-14,16-18,27,29,32H,4-7,9H2,1-3H3,(H2,22,33)(H,23,35)(H,24,28)(H,25,34)(H,30,31)/t10?,12?,13-,14+,16+,17?,18+/m0/s1. The largest absolute Gasteiger partial charge is 0.481 e. The van der Waals surface area contributed by atoms with Gasteiger partial charge in [0.2, 0.25) is 23.6 Å². The molecule has 36 heavy (non-hydrogen) atoms. The normalized spacial score (nSPS) is 16.8. The molecule has 4 amide bonds. The van der Waals surface area contributed by atoms with Crippen molar-refractivity contribution in [1.82, 2.24) is 16.0 Å². The number of nitrogens with two attached hydrogens (primary N) is 1. The molecule has 0 aliphatic heterocycles. The number of ether oxygens (including phenoxy) is 1. The number of carboxylic acids is 1. The first-order valence-electron chi connectivity index (χ1n) is 11.2. The minimum atomic E-state index is -1.98. The van der Waals surface area contributed by atoms with E-state index < -0.39 is 85.0 Å². The molecule has 3 unspecified atom stereocenters. The van der Waals surface area contributed by atoms with E-state index in [9.17, 15) is 44.1 Å². The maximum Gasteiger partial charge on any atom is 0.303 e. The third kappa shape index (κ3) is 11.1. The number of carbonyl (C=O) groups is 6. The van der Waals surface area contributed by atoms with Crippen LogP contribution in [0.25, 0.3) is 0 Å². The van der Waals surface area contributed by atoms with Crippen LogP contribution < -0.4 is 21.7 Å². The Morgan fingerprint density at radius 1 is 1.08 bits per heavy atom. The minimum absolute atomic E-state index is 0.158. The Hall–Kier alpha value is -3.14. The van der Waals surface area contributed by atoms with Gasteiger partial charge in [-0.2, -0.15) is 0 Å². The molecule has 0 aliphatic carbocycles. The third-order valence-corrected chi connectivity index (χ3v) is 5.07. The molecule has 0 rings (SSSR count). The van der Waals surface area contributed by atoms with E-state index in [2.05, 4.69) is 16.0 Å². The first-order chi connectivity index (χ1) is 16.8. The van der Waals surface area contributed by atoms with Crippen molar-refractivity contribution in [3.63, 3.8) is 0 Å². The van der Waals surface area contributed by atoms with Gasteiger partial charge in [0.25, 0.3) is 0 Å². The Kier molecular flexibility index (Phi) is 15.1. The van der Waals surface area contributed by atoms with Gasteiger partial charge in [-0.3, -0.25) is 24.0 Å². The van der Waals surface area contributed by atoms with E-state index in [1.165, 1.54) is 6.92 Å². The first kappa shape index (κ1) is 32.9. The summed E-state index contributed by atoms with van der Waals surface area (Å²) in [6.45, 7) is 3.23. The molecule has 0 aromatic carbocycles. The fraction of sp³-hybridized carbons (Fsp3) is 0.714. The summed E-state index contributed by atoms with van der Waals surface area (Å²) < 4.78 is 5.62. The highest BCUT2D eigenvalue weighted by atomic mass is 16.5. The van der Waals surface area contributed by atoms with E-state index in [0.717, 1.165) is 6.92 Å². The summed E-state index contributed by atoms with van der Waals surface area (Å²) >= 11 is 0. The number of aliphatic hydroxyl groups is 3. The molecule has 0 radical (unpaired) electrons. The highest BCUT2D eigenvalue weighted by molar-refractivity contribution is 5.92. The van der Waals surface area contributed by atoms with Gasteiger partial charge in [-0.15, -0.1) is 0 Å². The number of amides is 4. The van der Waals surface area contributed by atoms with Crippen LogP contribution in [0, 0.1) is 5.92 Å². The van der Waals surface area contributed by atoms with Crippen LogP contribution in [0.1, 0.15) is 40.0 Å². The van der Waals surface area contributed by atoms with Gasteiger partial charge < -0.3 is 51.6 Å². The van der Waals surface area contributed by atoms with E-state index >= 15 is 0 Å². The molecular formula is C21H36N4O11.